The summed E-state index contributed by atoms with van der Waals surface area (Å²) >= 11 is 0. The van der Waals surface area contributed by atoms with E-state index >= 15 is 0 Å². The van der Waals surface area contributed by atoms with Crippen LogP contribution in [-0.4, -0.2) is 5.11 Å². The highest BCUT2D eigenvalue weighted by atomic mass is 19.4. The maximum absolute atomic E-state index is 13.1. The van der Waals surface area contributed by atoms with Crippen molar-refractivity contribution in [3.05, 3.63) is 34.9 Å². The van der Waals surface area contributed by atoms with Gasteiger partial charge in [0.2, 0.25) is 0 Å². The van der Waals surface area contributed by atoms with Crippen LogP contribution in [0.1, 0.15) is 54.7 Å². The van der Waals surface area contributed by atoms with Crippen molar-refractivity contribution in [3.8, 4) is 0 Å². The first kappa shape index (κ1) is 13.4. The van der Waals surface area contributed by atoms with E-state index in [9.17, 15) is 13.2 Å². The van der Waals surface area contributed by atoms with Gasteiger partial charge in [0.25, 0.3) is 0 Å². The molecule has 1 nitrogen and oxygen atoms in total. The van der Waals surface area contributed by atoms with Gasteiger partial charge in [-0.2, -0.15) is 13.2 Å². The monoisotopic (exact) mass is 258 g/mol. The molecule has 1 aliphatic carbocycles. The fourth-order valence-electron chi connectivity index (χ4n) is 2.85. The minimum Gasteiger partial charge on any atom is -0.392 e. The Morgan fingerprint density at radius 2 is 1.78 bits per heavy atom. The van der Waals surface area contributed by atoms with E-state index in [2.05, 4.69) is 0 Å². The zero-order valence-corrected chi connectivity index (χ0v) is 10.1. The normalized spacial score (nSPS) is 18.0. The molecule has 0 aliphatic heterocycles. The van der Waals surface area contributed by atoms with Gasteiger partial charge in [-0.1, -0.05) is 37.5 Å². The molecule has 0 spiro atoms. The standard InChI is InChI=1S/C14H17F3O/c15-14(16,17)13-11(9-18)7-4-8-12(13)10-5-2-1-3-6-10/h4,7-8,10,18H,1-3,5-6,9H2. The van der Waals surface area contributed by atoms with Crippen molar-refractivity contribution in [2.24, 2.45) is 0 Å². The van der Waals surface area contributed by atoms with Gasteiger partial charge < -0.3 is 5.11 Å². The maximum atomic E-state index is 13.1. The number of rotatable bonds is 2. The van der Waals surface area contributed by atoms with Gasteiger partial charge in [0.15, 0.2) is 0 Å². The molecule has 1 aromatic rings. The molecule has 0 radical (unpaired) electrons. The van der Waals surface area contributed by atoms with Crippen LogP contribution in [-0.2, 0) is 12.8 Å². The summed E-state index contributed by atoms with van der Waals surface area (Å²) in [6.07, 6.45) is 0.343. The molecule has 0 heterocycles. The predicted octanol–water partition coefficient (Wildman–Crippen LogP) is 4.25. The number of aliphatic hydroxyl groups is 1. The van der Waals surface area contributed by atoms with Crippen molar-refractivity contribution in [2.45, 2.75) is 50.8 Å². The van der Waals surface area contributed by atoms with E-state index in [1.54, 1.807) is 12.1 Å². The number of benzene rings is 1. The molecule has 1 aromatic carbocycles. The SMILES string of the molecule is OCc1cccc(C2CCCCC2)c1C(F)(F)F. The van der Waals surface area contributed by atoms with Crippen LogP contribution in [0.4, 0.5) is 13.2 Å². The molecule has 1 N–H and O–H groups in total. The fraction of sp³-hybridized carbons (Fsp3) is 0.571. The van der Waals surface area contributed by atoms with Crippen LogP contribution in [0.3, 0.4) is 0 Å². The van der Waals surface area contributed by atoms with E-state index in [1.165, 1.54) is 6.07 Å². The number of aliphatic hydroxyl groups excluding tert-OH is 1. The van der Waals surface area contributed by atoms with E-state index in [4.69, 9.17) is 5.11 Å². The van der Waals surface area contributed by atoms with Gasteiger partial charge >= 0.3 is 6.18 Å². The van der Waals surface area contributed by atoms with Gasteiger partial charge in [0.05, 0.1) is 12.2 Å². The Kier molecular flexibility index (Phi) is 3.95. The Labute approximate surface area is 105 Å². The zero-order valence-electron chi connectivity index (χ0n) is 10.1. The molecule has 1 aliphatic rings. The quantitative estimate of drug-likeness (QED) is 0.841. The summed E-state index contributed by atoms with van der Waals surface area (Å²) in [5, 5.41) is 9.10. The summed E-state index contributed by atoms with van der Waals surface area (Å²) in [4.78, 5) is 0. The summed E-state index contributed by atoms with van der Waals surface area (Å²) in [5.41, 5.74) is -0.251. The minimum absolute atomic E-state index is 0.00873. The molecule has 0 bridgehead atoms. The third-order valence-corrected chi connectivity index (χ3v) is 3.68. The Balaban J connectivity index is 2.45. The molecule has 0 atom stereocenters. The highest BCUT2D eigenvalue weighted by Crippen LogP contribution is 2.42. The molecule has 4 heteroatoms. The van der Waals surface area contributed by atoms with Gasteiger partial charge in [-0.05, 0) is 29.9 Å². The summed E-state index contributed by atoms with van der Waals surface area (Å²) in [7, 11) is 0. The van der Waals surface area contributed by atoms with Crippen LogP contribution in [0.2, 0.25) is 0 Å². The van der Waals surface area contributed by atoms with E-state index in [0.29, 0.717) is 5.56 Å². The zero-order chi connectivity index (χ0) is 13.2. The second-order valence-electron chi connectivity index (χ2n) is 4.87. The third kappa shape index (κ3) is 2.69. The summed E-state index contributed by atoms with van der Waals surface area (Å²) in [5.74, 6) is -0.0122. The number of alkyl halides is 3. The minimum atomic E-state index is -4.38. The topological polar surface area (TPSA) is 20.2 Å². The van der Waals surface area contributed by atoms with Crippen LogP contribution < -0.4 is 0 Å². The smallest absolute Gasteiger partial charge is 0.392 e. The molecule has 2 rings (SSSR count). The first-order chi connectivity index (χ1) is 8.54. The van der Waals surface area contributed by atoms with Crippen LogP contribution in [0.5, 0.6) is 0 Å². The Morgan fingerprint density at radius 3 is 2.33 bits per heavy atom. The summed E-state index contributed by atoms with van der Waals surface area (Å²) in [6, 6.07) is 4.54. The highest BCUT2D eigenvalue weighted by molar-refractivity contribution is 5.39. The number of halogens is 3. The molecule has 0 aromatic heterocycles. The van der Waals surface area contributed by atoms with E-state index in [-0.39, 0.29) is 11.5 Å². The van der Waals surface area contributed by atoms with Crippen molar-refractivity contribution in [1.29, 1.82) is 0 Å². The van der Waals surface area contributed by atoms with Crippen LogP contribution >= 0.6 is 0 Å². The number of hydrogen-bond acceptors (Lipinski definition) is 1. The first-order valence-corrected chi connectivity index (χ1v) is 6.34. The fourth-order valence-corrected chi connectivity index (χ4v) is 2.85. The second-order valence-corrected chi connectivity index (χ2v) is 4.87. The molecule has 100 valence electrons. The Morgan fingerprint density at radius 1 is 1.11 bits per heavy atom. The predicted molar refractivity (Wildman–Crippen MR) is 63.2 cm³/mol. The lowest BCUT2D eigenvalue weighted by Gasteiger charge is -2.26. The first-order valence-electron chi connectivity index (χ1n) is 6.34. The molecule has 0 amide bonds. The lowest BCUT2D eigenvalue weighted by molar-refractivity contribution is -0.139. The van der Waals surface area contributed by atoms with Crippen molar-refractivity contribution < 1.29 is 18.3 Å². The van der Waals surface area contributed by atoms with E-state index in [1.807, 2.05) is 0 Å². The highest BCUT2D eigenvalue weighted by Gasteiger charge is 2.37. The molecule has 18 heavy (non-hydrogen) atoms. The van der Waals surface area contributed by atoms with Gasteiger partial charge in [-0.25, -0.2) is 0 Å². The third-order valence-electron chi connectivity index (χ3n) is 3.68. The van der Waals surface area contributed by atoms with Crippen molar-refractivity contribution >= 4 is 0 Å². The molecule has 0 saturated heterocycles. The molecule has 0 unspecified atom stereocenters. The largest absolute Gasteiger partial charge is 0.417 e. The van der Waals surface area contributed by atoms with Crippen LogP contribution in [0.25, 0.3) is 0 Å². The molecule has 1 saturated carbocycles. The van der Waals surface area contributed by atoms with Crippen molar-refractivity contribution in [2.75, 3.05) is 0 Å². The second kappa shape index (κ2) is 5.31. The average Bonchev–Trinajstić information content (AvgIpc) is 2.38. The number of hydrogen-bond donors (Lipinski definition) is 1. The average molecular weight is 258 g/mol. The Hall–Kier alpha value is -1.03. The van der Waals surface area contributed by atoms with Gasteiger partial charge in [-0.15, -0.1) is 0 Å². The van der Waals surface area contributed by atoms with E-state index < -0.39 is 18.3 Å². The molecule has 1 fully saturated rings. The van der Waals surface area contributed by atoms with Crippen molar-refractivity contribution in [3.63, 3.8) is 0 Å². The lowest BCUT2D eigenvalue weighted by Crippen LogP contribution is -2.16. The maximum Gasteiger partial charge on any atom is 0.417 e. The summed E-state index contributed by atoms with van der Waals surface area (Å²) in [6.45, 7) is -0.560. The van der Waals surface area contributed by atoms with Crippen LogP contribution in [0, 0.1) is 0 Å². The van der Waals surface area contributed by atoms with E-state index in [0.717, 1.165) is 32.1 Å². The van der Waals surface area contributed by atoms with Gasteiger partial charge in [0.1, 0.15) is 0 Å². The molecular formula is C14H17F3O. The van der Waals surface area contributed by atoms with Gasteiger partial charge in [-0.3, -0.25) is 0 Å². The lowest BCUT2D eigenvalue weighted by atomic mass is 9.81. The summed E-state index contributed by atoms with van der Waals surface area (Å²) < 4.78 is 39.4. The van der Waals surface area contributed by atoms with Crippen LogP contribution in [0.15, 0.2) is 18.2 Å². The Bertz CT molecular complexity index is 406. The molecular weight excluding hydrogens is 241 g/mol. The van der Waals surface area contributed by atoms with Crippen molar-refractivity contribution in [1.82, 2.24) is 0 Å². The van der Waals surface area contributed by atoms with Gasteiger partial charge in [0, 0.05) is 0 Å².